The van der Waals surface area contributed by atoms with Gasteiger partial charge in [0.25, 0.3) is 0 Å². The van der Waals surface area contributed by atoms with Crippen LogP contribution >= 0.6 is 24.0 Å². The third-order valence-electron chi connectivity index (χ3n) is 2.28. The summed E-state index contributed by atoms with van der Waals surface area (Å²) in [5.41, 5.74) is 2.61. The number of benzene rings is 1. The summed E-state index contributed by atoms with van der Waals surface area (Å²) < 4.78 is 0. The monoisotopic (exact) mass is 333 g/mol. The lowest BCUT2D eigenvalue weighted by Crippen LogP contribution is -2.36. The lowest BCUT2D eigenvalue weighted by atomic mass is 10.1. The molecule has 0 aliphatic rings. The van der Waals surface area contributed by atoms with Gasteiger partial charge in [-0.25, -0.2) is 0 Å². The van der Waals surface area contributed by atoms with Crippen LogP contribution in [-0.4, -0.2) is 19.6 Å². The standard InChI is InChI=1S/C12H19N3.HI/c1-4-14-12(13-3)15-9-11-8-6-5-7-10(11)2;/h5-8H,4,9H2,1-3H3,(H2,13,14,15);1H. The van der Waals surface area contributed by atoms with Gasteiger partial charge in [0.15, 0.2) is 5.96 Å². The number of hydrogen-bond acceptors (Lipinski definition) is 1. The van der Waals surface area contributed by atoms with Crippen LogP contribution in [0.15, 0.2) is 29.3 Å². The molecular formula is C12H20IN3. The van der Waals surface area contributed by atoms with Crippen molar-refractivity contribution in [2.24, 2.45) is 4.99 Å². The maximum atomic E-state index is 4.12. The number of nitrogens with one attached hydrogen (secondary N) is 2. The smallest absolute Gasteiger partial charge is 0.191 e. The van der Waals surface area contributed by atoms with Crippen molar-refractivity contribution in [3.8, 4) is 0 Å². The molecule has 0 saturated carbocycles. The molecule has 1 rings (SSSR count). The summed E-state index contributed by atoms with van der Waals surface area (Å²) in [5.74, 6) is 0.848. The minimum absolute atomic E-state index is 0. The van der Waals surface area contributed by atoms with Crippen molar-refractivity contribution in [1.82, 2.24) is 10.6 Å². The zero-order valence-corrected chi connectivity index (χ0v) is 12.4. The summed E-state index contributed by atoms with van der Waals surface area (Å²) in [7, 11) is 1.78. The molecule has 1 aromatic carbocycles. The highest BCUT2D eigenvalue weighted by atomic mass is 127. The average molecular weight is 333 g/mol. The fraction of sp³-hybridized carbons (Fsp3) is 0.417. The van der Waals surface area contributed by atoms with Gasteiger partial charge in [-0.2, -0.15) is 0 Å². The van der Waals surface area contributed by atoms with E-state index in [-0.39, 0.29) is 24.0 Å². The topological polar surface area (TPSA) is 36.4 Å². The molecule has 0 radical (unpaired) electrons. The maximum absolute atomic E-state index is 4.12. The number of aliphatic imine (C=N–C) groups is 1. The van der Waals surface area contributed by atoms with Gasteiger partial charge in [0, 0.05) is 20.1 Å². The molecule has 0 unspecified atom stereocenters. The molecule has 16 heavy (non-hydrogen) atoms. The van der Waals surface area contributed by atoms with E-state index in [1.54, 1.807) is 7.05 Å². The Hall–Kier alpha value is -0.780. The van der Waals surface area contributed by atoms with E-state index in [0.717, 1.165) is 19.0 Å². The molecule has 0 aromatic heterocycles. The Morgan fingerprint density at radius 2 is 1.94 bits per heavy atom. The summed E-state index contributed by atoms with van der Waals surface area (Å²) in [6, 6.07) is 8.35. The van der Waals surface area contributed by atoms with E-state index in [0.29, 0.717) is 0 Å². The van der Waals surface area contributed by atoms with Gasteiger partial charge in [-0.05, 0) is 25.0 Å². The molecule has 0 saturated heterocycles. The van der Waals surface area contributed by atoms with Gasteiger partial charge in [-0.3, -0.25) is 4.99 Å². The highest BCUT2D eigenvalue weighted by Crippen LogP contribution is 2.05. The maximum Gasteiger partial charge on any atom is 0.191 e. The number of guanidine groups is 1. The van der Waals surface area contributed by atoms with Crippen LogP contribution in [0.25, 0.3) is 0 Å². The second kappa shape index (κ2) is 8.38. The van der Waals surface area contributed by atoms with Gasteiger partial charge >= 0.3 is 0 Å². The Balaban J connectivity index is 0.00000225. The van der Waals surface area contributed by atoms with E-state index in [2.05, 4.69) is 53.7 Å². The molecule has 90 valence electrons. The van der Waals surface area contributed by atoms with Crippen molar-refractivity contribution >= 4 is 29.9 Å². The number of aryl methyl sites for hydroxylation is 1. The molecule has 2 N–H and O–H groups in total. The van der Waals surface area contributed by atoms with E-state index < -0.39 is 0 Å². The summed E-state index contributed by atoms with van der Waals surface area (Å²) in [4.78, 5) is 4.12. The van der Waals surface area contributed by atoms with Gasteiger partial charge in [0.1, 0.15) is 0 Å². The van der Waals surface area contributed by atoms with Crippen LogP contribution in [-0.2, 0) is 6.54 Å². The van der Waals surface area contributed by atoms with Crippen LogP contribution in [0.3, 0.4) is 0 Å². The second-order valence-electron chi connectivity index (χ2n) is 3.38. The SMILES string of the molecule is CCNC(=NC)NCc1ccccc1C.I. The van der Waals surface area contributed by atoms with E-state index in [1.165, 1.54) is 11.1 Å². The fourth-order valence-corrected chi connectivity index (χ4v) is 1.38. The van der Waals surface area contributed by atoms with Crippen molar-refractivity contribution in [2.45, 2.75) is 20.4 Å². The molecule has 0 aliphatic heterocycles. The Kier molecular flexibility index (Phi) is 7.97. The quantitative estimate of drug-likeness (QED) is 0.506. The van der Waals surface area contributed by atoms with Crippen LogP contribution < -0.4 is 10.6 Å². The molecule has 0 atom stereocenters. The summed E-state index contributed by atoms with van der Waals surface area (Å²) >= 11 is 0. The second-order valence-corrected chi connectivity index (χ2v) is 3.38. The van der Waals surface area contributed by atoms with Crippen LogP contribution in [0.1, 0.15) is 18.1 Å². The van der Waals surface area contributed by atoms with Gasteiger partial charge in [-0.1, -0.05) is 24.3 Å². The van der Waals surface area contributed by atoms with Gasteiger partial charge in [0.2, 0.25) is 0 Å². The lowest BCUT2D eigenvalue weighted by molar-refractivity contribution is 0.826. The molecule has 0 fully saturated rings. The molecule has 0 aliphatic carbocycles. The first-order valence-electron chi connectivity index (χ1n) is 5.27. The van der Waals surface area contributed by atoms with Crippen molar-refractivity contribution in [1.29, 1.82) is 0 Å². The van der Waals surface area contributed by atoms with Crippen molar-refractivity contribution in [3.05, 3.63) is 35.4 Å². The minimum atomic E-state index is 0. The molecular weight excluding hydrogens is 313 g/mol. The summed E-state index contributed by atoms with van der Waals surface area (Å²) in [5, 5.41) is 6.43. The normalized spacial score (nSPS) is 10.6. The average Bonchev–Trinajstić information content (AvgIpc) is 2.26. The van der Waals surface area contributed by atoms with Crippen molar-refractivity contribution < 1.29 is 0 Å². The summed E-state index contributed by atoms with van der Waals surface area (Å²) in [6.07, 6.45) is 0. The van der Waals surface area contributed by atoms with Gasteiger partial charge < -0.3 is 10.6 Å². The molecule has 4 heteroatoms. The van der Waals surface area contributed by atoms with E-state index >= 15 is 0 Å². The number of halogens is 1. The predicted octanol–water partition coefficient (Wildman–Crippen LogP) is 2.30. The van der Waals surface area contributed by atoms with Gasteiger partial charge in [0.05, 0.1) is 0 Å². The third kappa shape index (κ3) is 4.83. The summed E-state index contributed by atoms with van der Waals surface area (Å²) in [6.45, 7) is 5.87. The molecule has 0 spiro atoms. The first kappa shape index (κ1) is 15.2. The van der Waals surface area contributed by atoms with Gasteiger partial charge in [-0.15, -0.1) is 24.0 Å². The van der Waals surface area contributed by atoms with Crippen LogP contribution in [0.5, 0.6) is 0 Å². The molecule has 1 aromatic rings. The van der Waals surface area contributed by atoms with Crippen LogP contribution in [0.4, 0.5) is 0 Å². The predicted molar refractivity (Wildman–Crippen MR) is 80.5 cm³/mol. The molecule has 3 nitrogen and oxygen atoms in total. The Bertz CT molecular complexity index is 337. The largest absolute Gasteiger partial charge is 0.357 e. The van der Waals surface area contributed by atoms with Crippen LogP contribution in [0.2, 0.25) is 0 Å². The van der Waals surface area contributed by atoms with Crippen molar-refractivity contribution in [3.63, 3.8) is 0 Å². The van der Waals surface area contributed by atoms with Crippen LogP contribution in [0, 0.1) is 6.92 Å². The number of hydrogen-bond donors (Lipinski definition) is 2. The first-order valence-corrected chi connectivity index (χ1v) is 5.27. The van der Waals surface area contributed by atoms with E-state index in [1.807, 2.05) is 0 Å². The first-order chi connectivity index (χ1) is 7.27. The zero-order chi connectivity index (χ0) is 11.1. The fourth-order valence-electron chi connectivity index (χ4n) is 1.38. The zero-order valence-electron chi connectivity index (χ0n) is 10.1. The Labute approximate surface area is 115 Å². The molecule has 0 heterocycles. The Morgan fingerprint density at radius 1 is 1.25 bits per heavy atom. The highest BCUT2D eigenvalue weighted by Gasteiger charge is 1.98. The highest BCUT2D eigenvalue weighted by molar-refractivity contribution is 14.0. The van der Waals surface area contributed by atoms with Crippen molar-refractivity contribution in [2.75, 3.05) is 13.6 Å². The van der Waals surface area contributed by atoms with E-state index in [4.69, 9.17) is 0 Å². The Morgan fingerprint density at radius 3 is 2.50 bits per heavy atom. The molecule has 0 amide bonds. The van der Waals surface area contributed by atoms with E-state index in [9.17, 15) is 0 Å². The number of rotatable bonds is 3. The minimum Gasteiger partial charge on any atom is -0.357 e. The molecule has 0 bridgehead atoms. The lowest BCUT2D eigenvalue weighted by Gasteiger charge is -2.11. The third-order valence-corrected chi connectivity index (χ3v) is 2.28. The number of nitrogens with zero attached hydrogens (tertiary/aromatic N) is 1.